The molecule has 0 unspecified atom stereocenters. The van der Waals surface area contributed by atoms with Gasteiger partial charge in [0.2, 0.25) is 0 Å². The van der Waals surface area contributed by atoms with Gasteiger partial charge in [0.1, 0.15) is 5.75 Å². The van der Waals surface area contributed by atoms with E-state index in [4.69, 9.17) is 4.74 Å². The van der Waals surface area contributed by atoms with Crippen molar-refractivity contribution in [3.8, 4) is 5.75 Å². The van der Waals surface area contributed by atoms with E-state index < -0.39 is 11.9 Å². The molecule has 0 aliphatic carbocycles. The van der Waals surface area contributed by atoms with Gasteiger partial charge in [0.05, 0.1) is 5.56 Å². The van der Waals surface area contributed by atoms with E-state index in [1.165, 1.54) is 24.3 Å². The maximum atomic E-state index is 11.8. The van der Waals surface area contributed by atoms with Gasteiger partial charge >= 0.3 is 5.97 Å². The molecule has 2 aromatic carbocycles. The summed E-state index contributed by atoms with van der Waals surface area (Å²) in [6, 6.07) is 13.2. The van der Waals surface area contributed by atoms with Crippen LogP contribution in [0.5, 0.6) is 5.75 Å². The van der Waals surface area contributed by atoms with Crippen LogP contribution in [-0.4, -0.2) is 23.6 Å². The van der Waals surface area contributed by atoms with Crippen molar-refractivity contribution in [3.05, 3.63) is 59.7 Å². The minimum absolute atomic E-state index is 0.0321. The fourth-order valence-electron chi connectivity index (χ4n) is 1.91. The predicted octanol–water partition coefficient (Wildman–Crippen LogP) is 2.75. The van der Waals surface area contributed by atoms with Crippen molar-refractivity contribution in [1.82, 2.24) is 0 Å². The van der Waals surface area contributed by atoms with E-state index in [2.05, 4.69) is 5.32 Å². The smallest absolute Gasteiger partial charge is 0.338 e. The van der Waals surface area contributed by atoms with Crippen LogP contribution >= 0.6 is 0 Å². The van der Waals surface area contributed by atoms with Crippen LogP contribution in [0.25, 0.3) is 0 Å². The molecule has 0 radical (unpaired) electrons. The molecule has 0 atom stereocenters. The lowest BCUT2D eigenvalue weighted by Crippen LogP contribution is -2.20. The van der Waals surface area contributed by atoms with Gasteiger partial charge in [-0.3, -0.25) is 4.79 Å². The first kappa shape index (κ1) is 15.6. The highest BCUT2D eigenvalue weighted by Crippen LogP contribution is 2.13. The molecule has 0 saturated carbocycles. The molecule has 5 nitrogen and oxygen atoms in total. The second-order valence-electron chi connectivity index (χ2n) is 4.73. The molecule has 2 N–H and O–H groups in total. The van der Waals surface area contributed by atoms with E-state index in [-0.39, 0.29) is 17.9 Å². The Morgan fingerprint density at radius 3 is 2.64 bits per heavy atom. The number of carbonyl (C=O) groups excluding carboxylic acids is 2. The molecule has 1 amide bonds. The Morgan fingerprint density at radius 1 is 1.14 bits per heavy atom. The highest BCUT2D eigenvalue weighted by atomic mass is 16.5. The lowest BCUT2D eigenvalue weighted by molar-refractivity contribution is -0.119. The Bertz CT molecular complexity index is 682. The van der Waals surface area contributed by atoms with Crippen LogP contribution in [0.15, 0.2) is 48.5 Å². The number of rotatable bonds is 5. The fraction of sp³-hybridized carbons (Fsp3) is 0.176. The molecular formula is C17H17NO4. The van der Waals surface area contributed by atoms with E-state index >= 15 is 0 Å². The topological polar surface area (TPSA) is 75.6 Å². The molecule has 114 valence electrons. The van der Waals surface area contributed by atoms with Gasteiger partial charge < -0.3 is 15.2 Å². The van der Waals surface area contributed by atoms with Gasteiger partial charge in [-0.2, -0.15) is 0 Å². The summed E-state index contributed by atoms with van der Waals surface area (Å²) in [5.41, 5.74) is 1.97. The van der Waals surface area contributed by atoms with Crippen LogP contribution in [0.2, 0.25) is 0 Å². The number of amides is 1. The molecule has 2 aromatic rings. The summed E-state index contributed by atoms with van der Waals surface area (Å²) in [5.74, 6) is -1.11. The first-order valence-corrected chi connectivity index (χ1v) is 6.93. The number of phenolic OH excluding ortho intramolecular Hbond substituents is 1. The summed E-state index contributed by atoms with van der Waals surface area (Å²) in [4.78, 5) is 23.5. The second kappa shape index (κ2) is 7.26. The highest BCUT2D eigenvalue weighted by molar-refractivity contribution is 5.95. The number of aryl methyl sites for hydroxylation is 1. The Kier molecular flexibility index (Phi) is 5.14. The summed E-state index contributed by atoms with van der Waals surface area (Å²) in [6.45, 7) is 1.64. The fourth-order valence-corrected chi connectivity index (χ4v) is 1.91. The summed E-state index contributed by atoms with van der Waals surface area (Å²) < 4.78 is 4.91. The number of hydrogen-bond donors (Lipinski definition) is 2. The second-order valence-corrected chi connectivity index (χ2v) is 4.73. The van der Waals surface area contributed by atoms with E-state index in [0.29, 0.717) is 5.69 Å². The van der Waals surface area contributed by atoms with Gasteiger partial charge in [0, 0.05) is 5.69 Å². The quantitative estimate of drug-likeness (QED) is 0.832. The maximum Gasteiger partial charge on any atom is 0.338 e. The lowest BCUT2D eigenvalue weighted by Gasteiger charge is -2.08. The normalized spacial score (nSPS) is 10.0. The van der Waals surface area contributed by atoms with Crippen LogP contribution in [0, 0.1) is 0 Å². The molecule has 0 saturated heterocycles. The number of aromatic hydroxyl groups is 1. The molecule has 22 heavy (non-hydrogen) atoms. The number of phenols is 1. The molecule has 0 spiro atoms. The molecule has 0 bridgehead atoms. The molecule has 0 aliphatic rings. The highest BCUT2D eigenvalue weighted by Gasteiger charge is 2.11. The lowest BCUT2D eigenvalue weighted by atomic mass is 10.1. The van der Waals surface area contributed by atoms with Crippen molar-refractivity contribution in [1.29, 1.82) is 0 Å². The Morgan fingerprint density at radius 2 is 1.91 bits per heavy atom. The molecule has 0 aromatic heterocycles. The number of anilines is 1. The van der Waals surface area contributed by atoms with Gasteiger partial charge in [0.15, 0.2) is 6.61 Å². The monoisotopic (exact) mass is 299 g/mol. The van der Waals surface area contributed by atoms with Crippen molar-refractivity contribution in [3.63, 3.8) is 0 Å². The SMILES string of the molecule is CCc1cccc(NC(=O)COC(=O)c2cccc(O)c2)c1. The third-order valence-electron chi connectivity index (χ3n) is 3.04. The molecule has 2 rings (SSSR count). The first-order valence-electron chi connectivity index (χ1n) is 6.93. The molecular weight excluding hydrogens is 282 g/mol. The van der Waals surface area contributed by atoms with Crippen LogP contribution in [0.1, 0.15) is 22.8 Å². The van der Waals surface area contributed by atoms with Crippen LogP contribution in [-0.2, 0) is 16.0 Å². The number of carbonyl (C=O) groups is 2. The van der Waals surface area contributed by atoms with Crippen molar-refractivity contribution in [2.24, 2.45) is 0 Å². The van der Waals surface area contributed by atoms with Gasteiger partial charge in [-0.05, 0) is 42.3 Å². The van der Waals surface area contributed by atoms with Gasteiger partial charge in [-0.25, -0.2) is 4.79 Å². The number of ether oxygens (including phenoxy) is 1. The molecule has 5 heteroatoms. The van der Waals surface area contributed by atoms with Crippen molar-refractivity contribution in [2.75, 3.05) is 11.9 Å². The van der Waals surface area contributed by atoms with Crippen LogP contribution in [0.3, 0.4) is 0 Å². The van der Waals surface area contributed by atoms with Crippen LogP contribution < -0.4 is 5.32 Å². The zero-order valence-corrected chi connectivity index (χ0v) is 12.2. The number of nitrogens with one attached hydrogen (secondary N) is 1. The number of benzene rings is 2. The summed E-state index contributed by atoms with van der Waals surface area (Å²) in [5, 5.41) is 12.0. The summed E-state index contributed by atoms with van der Waals surface area (Å²) >= 11 is 0. The van der Waals surface area contributed by atoms with Gasteiger partial charge in [0.25, 0.3) is 5.91 Å². The Labute approximate surface area is 128 Å². The number of esters is 1. The average Bonchev–Trinajstić information content (AvgIpc) is 2.52. The van der Waals surface area contributed by atoms with Gasteiger partial charge in [-0.1, -0.05) is 25.1 Å². The largest absolute Gasteiger partial charge is 0.508 e. The summed E-state index contributed by atoms with van der Waals surface area (Å²) in [6.07, 6.45) is 0.871. The molecule has 0 heterocycles. The van der Waals surface area contributed by atoms with E-state index in [0.717, 1.165) is 12.0 Å². The first-order chi connectivity index (χ1) is 10.6. The zero-order valence-electron chi connectivity index (χ0n) is 12.2. The van der Waals surface area contributed by atoms with Crippen molar-refractivity contribution < 1.29 is 19.4 Å². The molecule has 0 fully saturated rings. The number of hydrogen-bond acceptors (Lipinski definition) is 4. The maximum absolute atomic E-state index is 11.8. The third-order valence-corrected chi connectivity index (χ3v) is 3.04. The molecule has 0 aliphatic heterocycles. The standard InChI is InChI=1S/C17H17NO4/c1-2-12-5-3-7-14(9-12)18-16(20)11-22-17(21)13-6-4-8-15(19)10-13/h3-10,19H,2,11H2,1H3,(H,18,20). The Hall–Kier alpha value is -2.82. The minimum atomic E-state index is -0.659. The minimum Gasteiger partial charge on any atom is -0.508 e. The van der Waals surface area contributed by atoms with Crippen LogP contribution in [0.4, 0.5) is 5.69 Å². The average molecular weight is 299 g/mol. The zero-order chi connectivity index (χ0) is 15.9. The summed E-state index contributed by atoms with van der Waals surface area (Å²) in [7, 11) is 0. The van der Waals surface area contributed by atoms with Crippen molar-refractivity contribution in [2.45, 2.75) is 13.3 Å². The van der Waals surface area contributed by atoms with E-state index in [9.17, 15) is 14.7 Å². The predicted molar refractivity (Wildman–Crippen MR) is 82.8 cm³/mol. The van der Waals surface area contributed by atoms with Gasteiger partial charge in [-0.15, -0.1) is 0 Å². The Balaban J connectivity index is 1.88. The van der Waals surface area contributed by atoms with Crippen molar-refractivity contribution >= 4 is 17.6 Å². The van der Waals surface area contributed by atoms with E-state index in [1.54, 1.807) is 6.07 Å². The van der Waals surface area contributed by atoms with E-state index in [1.807, 2.05) is 25.1 Å². The third kappa shape index (κ3) is 4.34.